The van der Waals surface area contributed by atoms with E-state index in [0.717, 1.165) is 0 Å². The largest absolute Gasteiger partial charge is 0 e. The van der Waals surface area contributed by atoms with Crippen LogP contribution in [0.15, 0.2) is 24.8 Å². The van der Waals surface area contributed by atoms with Crippen molar-refractivity contribution in [3.05, 3.63) is 44.8 Å². The first-order valence-corrected chi connectivity index (χ1v) is 2.79. The summed E-state index contributed by atoms with van der Waals surface area (Å²) in [4.78, 5) is 0. The van der Waals surface area contributed by atoms with Crippen LogP contribution in [-0.2, 0) is 31.0 Å². The Kier molecular flexibility index (Phi) is 83.2. The molecule has 0 aromatic rings. The minimum Gasteiger partial charge on any atom is 0 e. The average molecular weight is 238 g/mol. The SMILES string of the molecule is C=CC(=C)C(C)O.[C-]#[O+].[C-]#[O+].[C-]#[O+].[Fe]. The average Bonchev–Trinajstić information content (AvgIpc) is 2.25. The van der Waals surface area contributed by atoms with Crippen LogP contribution >= 0.6 is 0 Å². The summed E-state index contributed by atoms with van der Waals surface area (Å²) in [6.45, 7) is 22.1. The number of rotatable bonds is 2. The molecule has 0 saturated heterocycles. The van der Waals surface area contributed by atoms with E-state index in [1.165, 1.54) is 0 Å². The van der Waals surface area contributed by atoms with Crippen LogP contribution in [0.25, 0.3) is 0 Å². The van der Waals surface area contributed by atoms with Crippen LogP contribution in [0.4, 0.5) is 0 Å². The summed E-state index contributed by atoms with van der Waals surface area (Å²) in [7, 11) is 0. The Hall–Kier alpha value is -0.821. The quantitative estimate of drug-likeness (QED) is 0.331. The number of hydrogen-bond donors (Lipinski definition) is 1. The fraction of sp³-hybridized carbons (Fsp3) is 0.222. The van der Waals surface area contributed by atoms with Crippen molar-refractivity contribution in [2.75, 3.05) is 0 Å². The summed E-state index contributed by atoms with van der Waals surface area (Å²) in [5, 5.41) is 8.65. The van der Waals surface area contributed by atoms with Crippen LogP contribution in [0.2, 0.25) is 0 Å². The second-order valence-corrected chi connectivity index (χ2v) is 1.46. The normalized spacial score (nSPS) is 6.86. The summed E-state index contributed by atoms with van der Waals surface area (Å²) in [6, 6.07) is 0. The first-order valence-electron chi connectivity index (χ1n) is 2.79. The summed E-state index contributed by atoms with van der Waals surface area (Å²) in [6.07, 6.45) is 1.10. The minimum absolute atomic E-state index is 0. The van der Waals surface area contributed by atoms with E-state index >= 15 is 0 Å². The second-order valence-electron chi connectivity index (χ2n) is 1.46. The van der Waals surface area contributed by atoms with Gasteiger partial charge >= 0.3 is 33.9 Å². The number of aliphatic hydroxyl groups is 1. The molecule has 1 N–H and O–H groups in total. The Balaban J connectivity index is -0.0000000332. The van der Waals surface area contributed by atoms with Crippen molar-refractivity contribution in [3.8, 4) is 0 Å². The second kappa shape index (κ2) is 39.9. The molecule has 0 bridgehead atoms. The van der Waals surface area contributed by atoms with Gasteiger partial charge in [-0.2, -0.15) is 0 Å². The molecule has 0 aromatic carbocycles. The van der Waals surface area contributed by atoms with E-state index in [1.54, 1.807) is 13.0 Å². The van der Waals surface area contributed by atoms with Crippen molar-refractivity contribution in [2.24, 2.45) is 0 Å². The summed E-state index contributed by atoms with van der Waals surface area (Å²) in [5.41, 5.74) is 0.667. The van der Waals surface area contributed by atoms with Gasteiger partial charge in [-0.25, -0.2) is 0 Å². The first-order chi connectivity index (χ1) is 6.18. The monoisotopic (exact) mass is 238 g/mol. The number of hydrogen-bond acceptors (Lipinski definition) is 1. The van der Waals surface area contributed by atoms with Crippen LogP contribution in [0.3, 0.4) is 0 Å². The molecule has 14 heavy (non-hydrogen) atoms. The standard InChI is InChI=1S/C6H10O.3CO.Fe/c1-4-5(2)6(3)7;3*1-2;/h4,6-7H,1-2H2,3H3;;;;. The van der Waals surface area contributed by atoms with E-state index in [4.69, 9.17) is 19.1 Å². The third-order valence-corrected chi connectivity index (χ3v) is 0.799. The zero-order chi connectivity index (χ0) is 11.9. The van der Waals surface area contributed by atoms with Gasteiger partial charge in [0.2, 0.25) is 0 Å². The van der Waals surface area contributed by atoms with Gasteiger partial charge in [0.05, 0.1) is 6.10 Å². The van der Waals surface area contributed by atoms with E-state index < -0.39 is 6.10 Å². The van der Waals surface area contributed by atoms with E-state index in [9.17, 15) is 0 Å². The topological polar surface area (TPSA) is 79.9 Å². The summed E-state index contributed by atoms with van der Waals surface area (Å²) >= 11 is 0. The molecule has 0 aliphatic heterocycles. The van der Waals surface area contributed by atoms with E-state index in [2.05, 4.69) is 33.1 Å². The zero-order valence-electron chi connectivity index (χ0n) is 7.59. The van der Waals surface area contributed by atoms with Gasteiger partial charge in [-0.1, -0.05) is 19.2 Å². The third kappa shape index (κ3) is 43.2. The Bertz CT molecular complexity index is 165. The van der Waals surface area contributed by atoms with Crippen molar-refractivity contribution in [1.82, 2.24) is 0 Å². The smallest absolute Gasteiger partial charge is 0 e. The minimum atomic E-state index is -0.447. The molecule has 0 spiro atoms. The molecule has 0 aliphatic carbocycles. The molecule has 78 valence electrons. The predicted octanol–water partition coefficient (Wildman–Crippen LogP) is 0.994. The van der Waals surface area contributed by atoms with Crippen molar-refractivity contribution >= 4 is 0 Å². The molecule has 0 aromatic heterocycles. The van der Waals surface area contributed by atoms with Crippen molar-refractivity contribution in [2.45, 2.75) is 13.0 Å². The van der Waals surface area contributed by atoms with Crippen LogP contribution in [0.1, 0.15) is 6.92 Å². The molecule has 1 atom stereocenters. The van der Waals surface area contributed by atoms with E-state index in [-0.39, 0.29) is 17.1 Å². The molecule has 0 amide bonds. The van der Waals surface area contributed by atoms with E-state index in [0.29, 0.717) is 5.57 Å². The van der Waals surface area contributed by atoms with Crippen LogP contribution in [0, 0.1) is 20.0 Å². The number of aliphatic hydroxyl groups excluding tert-OH is 1. The molecule has 0 aliphatic rings. The molecule has 1 unspecified atom stereocenters. The van der Waals surface area contributed by atoms with Gasteiger partial charge < -0.3 is 5.11 Å². The van der Waals surface area contributed by atoms with Crippen molar-refractivity contribution in [3.63, 3.8) is 0 Å². The third-order valence-electron chi connectivity index (χ3n) is 0.799. The molecule has 0 saturated carbocycles. The van der Waals surface area contributed by atoms with Gasteiger partial charge in [0.1, 0.15) is 0 Å². The van der Waals surface area contributed by atoms with Crippen LogP contribution < -0.4 is 0 Å². The molecule has 0 fully saturated rings. The van der Waals surface area contributed by atoms with Gasteiger partial charge in [0, 0.05) is 17.1 Å². The molecular formula is C9H10FeO4. The molecular weight excluding hydrogens is 228 g/mol. The van der Waals surface area contributed by atoms with Gasteiger partial charge in [0.15, 0.2) is 0 Å². The molecule has 0 heterocycles. The van der Waals surface area contributed by atoms with Crippen molar-refractivity contribution in [1.29, 1.82) is 0 Å². The maximum absolute atomic E-state index is 8.65. The van der Waals surface area contributed by atoms with Gasteiger partial charge in [0.25, 0.3) is 0 Å². The maximum Gasteiger partial charge on any atom is 0 e. The summed E-state index contributed by atoms with van der Waals surface area (Å²) < 4.78 is 22.5. The van der Waals surface area contributed by atoms with Gasteiger partial charge in [-0.3, -0.25) is 0 Å². The maximum atomic E-state index is 8.65. The fourth-order valence-electron chi connectivity index (χ4n) is 0.171. The van der Waals surface area contributed by atoms with Crippen LogP contribution in [0.5, 0.6) is 0 Å². The Morgan fingerprint density at radius 3 is 1.43 bits per heavy atom. The Labute approximate surface area is 94.3 Å². The van der Waals surface area contributed by atoms with Crippen LogP contribution in [-0.4, -0.2) is 11.2 Å². The van der Waals surface area contributed by atoms with Gasteiger partial charge in [-0.05, 0) is 12.5 Å². The first kappa shape index (κ1) is 29.2. The van der Waals surface area contributed by atoms with Crippen molar-refractivity contribution < 1.29 is 36.1 Å². The predicted molar refractivity (Wildman–Crippen MR) is 42.8 cm³/mol. The molecule has 4 nitrogen and oxygen atoms in total. The molecule has 5 heteroatoms. The molecule has 0 rings (SSSR count). The molecule has 0 radical (unpaired) electrons. The summed E-state index contributed by atoms with van der Waals surface area (Å²) in [5.74, 6) is 0. The zero-order valence-corrected chi connectivity index (χ0v) is 8.70. The van der Waals surface area contributed by atoms with E-state index in [1.807, 2.05) is 0 Å². The fourth-order valence-corrected chi connectivity index (χ4v) is 0.171. The Morgan fingerprint density at radius 2 is 1.43 bits per heavy atom. The Morgan fingerprint density at radius 1 is 1.21 bits per heavy atom. The van der Waals surface area contributed by atoms with Gasteiger partial charge in [-0.15, -0.1) is 0 Å².